The molecule has 0 bridgehead atoms. The van der Waals surface area contributed by atoms with Gasteiger partial charge in [-0.1, -0.05) is 20.3 Å². The van der Waals surface area contributed by atoms with E-state index in [-0.39, 0.29) is 17.9 Å². The standard InChI is InChI=1S/C17H26N4O4/c1-16(2)6-4-7-17(10-16)14(24)21(15(25)19-17)9-12(22)20-8-3-5-11(20)13(18)23/h11H,3-10H2,1-2H3,(H2,18,23)(H,19,25)/t11-,17?/m0/s1. The molecule has 0 aromatic heterocycles. The number of imide groups is 1. The van der Waals surface area contributed by atoms with E-state index in [0.717, 1.165) is 17.7 Å². The van der Waals surface area contributed by atoms with Crippen LogP contribution in [0.4, 0.5) is 4.79 Å². The van der Waals surface area contributed by atoms with E-state index in [1.165, 1.54) is 4.90 Å². The topological polar surface area (TPSA) is 113 Å². The van der Waals surface area contributed by atoms with Crippen molar-refractivity contribution in [2.24, 2.45) is 11.1 Å². The van der Waals surface area contributed by atoms with Gasteiger partial charge in [-0.2, -0.15) is 0 Å². The van der Waals surface area contributed by atoms with Crippen LogP contribution in [0.3, 0.4) is 0 Å². The number of primary amides is 1. The molecule has 2 heterocycles. The van der Waals surface area contributed by atoms with Gasteiger partial charge in [0.15, 0.2) is 0 Å². The average molecular weight is 350 g/mol. The first kappa shape index (κ1) is 17.7. The number of carbonyl (C=O) groups excluding carboxylic acids is 4. The zero-order chi connectivity index (χ0) is 18.4. The van der Waals surface area contributed by atoms with Crippen molar-refractivity contribution in [1.29, 1.82) is 0 Å². The number of hydrogen-bond donors (Lipinski definition) is 2. The molecule has 5 amide bonds. The highest BCUT2D eigenvalue weighted by Crippen LogP contribution is 2.43. The summed E-state index contributed by atoms with van der Waals surface area (Å²) in [5.74, 6) is -1.28. The summed E-state index contributed by atoms with van der Waals surface area (Å²) in [6.45, 7) is 4.26. The molecule has 0 aromatic carbocycles. The number of nitrogens with zero attached hydrogens (tertiary/aromatic N) is 2. The van der Waals surface area contributed by atoms with Crippen molar-refractivity contribution >= 4 is 23.8 Å². The van der Waals surface area contributed by atoms with E-state index in [0.29, 0.717) is 32.2 Å². The highest BCUT2D eigenvalue weighted by Gasteiger charge is 2.55. The van der Waals surface area contributed by atoms with Crippen molar-refractivity contribution in [3.8, 4) is 0 Å². The lowest BCUT2D eigenvalue weighted by Crippen LogP contribution is -2.53. The van der Waals surface area contributed by atoms with Crippen molar-refractivity contribution in [2.45, 2.75) is 64.0 Å². The Hall–Kier alpha value is -2.12. The summed E-state index contributed by atoms with van der Waals surface area (Å²) in [7, 11) is 0. The van der Waals surface area contributed by atoms with Gasteiger partial charge in [-0.25, -0.2) is 4.79 Å². The number of nitrogens with two attached hydrogens (primary N) is 1. The molecule has 3 aliphatic rings. The number of urea groups is 1. The fourth-order valence-corrected chi connectivity index (χ4v) is 4.56. The van der Waals surface area contributed by atoms with Gasteiger partial charge in [0.25, 0.3) is 5.91 Å². The molecule has 3 fully saturated rings. The Kier molecular flexibility index (Phi) is 4.25. The first-order chi connectivity index (χ1) is 11.7. The van der Waals surface area contributed by atoms with Crippen LogP contribution in [0.5, 0.6) is 0 Å². The second-order valence-electron chi connectivity index (χ2n) is 8.25. The van der Waals surface area contributed by atoms with E-state index < -0.39 is 29.4 Å². The van der Waals surface area contributed by atoms with Gasteiger partial charge >= 0.3 is 6.03 Å². The van der Waals surface area contributed by atoms with E-state index in [9.17, 15) is 19.2 Å². The third-order valence-corrected chi connectivity index (χ3v) is 5.68. The van der Waals surface area contributed by atoms with Crippen LogP contribution in [0.1, 0.15) is 52.4 Å². The Labute approximate surface area is 147 Å². The van der Waals surface area contributed by atoms with Crippen molar-refractivity contribution in [3.63, 3.8) is 0 Å². The maximum atomic E-state index is 12.9. The molecule has 25 heavy (non-hydrogen) atoms. The molecule has 1 spiro atoms. The predicted octanol–water partition coefficient (Wildman–Crippen LogP) is 0.354. The van der Waals surface area contributed by atoms with Crippen LogP contribution in [-0.4, -0.2) is 58.2 Å². The molecule has 1 unspecified atom stereocenters. The minimum atomic E-state index is -0.896. The molecular weight excluding hydrogens is 324 g/mol. The van der Waals surface area contributed by atoms with E-state index in [1.54, 1.807) is 0 Å². The summed E-state index contributed by atoms with van der Waals surface area (Å²) >= 11 is 0. The molecule has 1 saturated carbocycles. The predicted molar refractivity (Wildman–Crippen MR) is 89.2 cm³/mol. The zero-order valence-corrected chi connectivity index (χ0v) is 14.8. The van der Waals surface area contributed by atoms with Crippen LogP contribution in [0, 0.1) is 5.41 Å². The molecule has 8 heteroatoms. The Bertz CT molecular complexity index is 632. The molecule has 3 rings (SSSR count). The zero-order valence-electron chi connectivity index (χ0n) is 14.8. The number of nitrogens with one attached hydrogen (secondary N) is 1. The third kappa shape index (κ3) is 3.09. The van der Waals surface area contributed by atoms with E-state index >= 15 is 0 Å². The van der Waals surface area contributed by atoms with Gasteiger partial charge in [-0.15, -0.1) is 0 Å². The van der Waals surface area contributed by atoms with Crippen LogP contribution in [0.15, 0.2) is 0 Å². The summed E-state index contributed by atoms with van der Waals surface area (Å²) in [6.07, 6.45) is 4.25. The lowest BCUT2D eigenvalue weighted by Gasteiger charge is -2.40. The molecule has 3 N–H and O–H groups in total. The lowest BCUT2D eigenvalue weighted by atomic mass is 9.68. The minimum Gasteiger partial charge on any atom is -0.368 e. The molecule has 0 aromatic rings. The van der Waals surface area contributed by atoms with Crippen LogP contribution in [0.2, 0.25) is 0 Å². The normalized spacial score (nSPS) is 31.5. The van der Waals surface area contributed by atoms with E-state index in [2.05, 4.69) is 19.2 Å². The van der Waals surface area contributed by atoms with Crippen molar-refractivity contribution < 1.29 is 19.2 Å². The van der Waals surface area contributed by atoms with Crippen LogP contribution in [0.25, 0.3) is 0 Å². The third-order valence-electron chi connectivity index (χ3n) is 5.68. The fraction of sp³-hybridized carbons (Fsp3) is 0.765. The van der Waals surface area contributed by atoms with Gasteiger partial charge < -0.3 is 16.0 Å². The summed E-state index contributed by atoms with van der Waals surface area (Å²) < 4.78 is 0. The monoisotopic (exact) mass is 350 g/mol. The quantitative estimate of drug-likeness (QED) is 0.715. The molecule has 2 atom stereocenters. The number of hydrogen-bond acceptors (Lipinski definition) is 4. The number of carbonyl (C=O) groups is 4. The second-order valence-corrected chi connectivity index (χ2v) is 8.25. The number of likely N-dealkylation sites (tertiary alicyclic amines) is 1. The molecule has 2 saturated heterocycles. The highest BCUT2D eigenvalue weighted by molar-refractivity contribution is 6.09. The molecule has 2 aliphatic heterocycles. The minimum absolute atomic E-state index is 0.0345. The smallest absolute Gasteiger partial charge is 0.325 e. The fourth-order valence-electron chi connectivity index (χ4n) is 4.56. The second kappa shape index (κ2) is 6.00. The molecule has 8 nitrogen and oxygen atoms in total. The Morgan fingerprint density at radius 2 is 1.96 bits per heavy atom. The van der Waals surface area contributed by atoms with Crippen LogP contribution < -0.4 is 11.1 Å². The summed E-state index contributed by atoms with van der Waals surface area (Å²) in [6, 6.07) is -1.17. The summed E-state index contributed by atoms with van der Waals surface area (Å²) in [5.41, 5.74) is 4.41. The summed E-state index contributed by atoms with van der Waals surface area (Å²) in [5, 5.41) is 2.83. The first-order valence-corrected chi connectivity index (χ1v) is 8.88. The van der Waals surface area contributed by atoms with Crippen molar-refractivity contribution in [1.82, 2.24) is 15.1 Å². The maximum absolute atomic E-state index is 12.9. The van der Waals surface area contributed by atoms with Gasteiger partial charge in [0.05, 0.1) is 0 Å². The largest absolute Gasteiger partial charge is 0.368 e. The maximum Gasteiger partial charge on any atom is 0.325 e. The molecule has 138 valence electrons. The Morgan fingerprint density at radius 3 is 2.60 bits per heavy atom. The lowest BCUT2D eigenvalue weighted by molar-refractivity contribution is -0.142. The van der Waals surface area contributed by atoms with Gasteiger partial charge in [0.1, 0.15) is 18.1 Å². The van der Waals surface area contributed by atoms with Gasteiger partial charge in [-0.3, -0.25) is 19.3 Å². The van der Waals surface area contributed by atoms with E-state index in [1.807, 2.05) is 0 Å². The molecule has 0 radical (unpaired) electrons. The van der Waals surface area contributed by atoms with Crippen molar-refractivity contribution in [2.75, 3.05) is 13.1 Å². The number of amides is 5. The van der Waals surface area contributed by atoms with Crippen molar-refractivity contribution in [3.05, 3.63) is 0 Å². The van der Waals surface area contributed by atoms with Gasteiger partial charge in [-0.05, 0) is 37.5 Å². The Morgan fingerprint density at radius 1 is 1.24 bits per heavy atom. The molecule has 1 aliphatic carbocycles. The van der Waals surface area contributed by atoms with E-state index in [4.69, 9.17) is 5.73 Å². The van der Waals surface area contributed by atoms with Gasteiger partial charge in [0.2, 0.25) is 11.8 Å². The average Bonchev–Trinajstić information content (AvgIpc) is 3.06. The number of rotatable bonds is 3. The van der Waals surface area contributed by atoms with Crippen LogP contribution >= 0.6 is 0 Å². The van der Waals surface area contributed by atoms with Crippen LogP contribution in [-0.2, 0) is 14.4 Å². The Balaban J connectivity index is 1.73. The summed E-state index contributed by atoms with van der Waals surface area (Å²) in [4.78, 5) is 51.7. The van der Waals surface area contributed by atoms with Gasteiger partial charge in [0, 0.05) is 6.54 Å². The molecular formula is C17H26N4O4. The first-order valence-electron chi connectivity index (χ1n) is 8.88. The highest BCUT2D eigenvalue weighted by atomic mass is 16.2. The SMILES string of the molecule is CC1(C)CCCC2(C1)NC(=O)N(CC(=O)N1CCC[C@H]1C(N)=O)C2=O.